The van der Waals surface area contributed by atoms with Gasteiger partial charge in [0, 0.05) is 30.8 Å². The van der Waals surface area contributed by atoms with Gasteiger partial charge in [0.05, 0.1) is 39.7 Å². The van der Waals surface area contributed by atoms with Crippen molar-refractivity contribution in [3.05, 3.63) is 117 Å². The van der Waals surface area contributed by atoms with Crippen LogP contribution in [-0.2, 0) is 42.6 Å². The van der Waals surface area contributed by atoms with Crippen molar-refractivity contribution in [2.24, 2.45) is 24.1 Å². The predicted molar refractivity (Wildman–Crippen MR) is 200 cm³/mol. The molecule has 0 fully saturated rings. The highest BCUT2D eigenvalue weighted by molar-refractivity contribution is 7.89. The first-order valence-corrected chi connectivity index (χ1v) is 18.5. The van der Waals surface area contributed by atoms with Crippen LogP contribution in [-0.4, -0.2) is 57.6 Å². The Kier molecular flexibility index (Phi) is 11.0. The first-order valence-electron chi connectivity index (χ1n) is 17.0. The molecule has 4 aromatic rings. The third-order valence-electron chi connectivity index (χ3n) is 8.84. The van der Waals surface area contributed by atoms with Gasteiger partial charge in [0.1, 0.15) is 5.83 Å². The minimum atomic E-state index is -4.78. The number of allylic oxidation sites excluding steroid dienone is 2. The molecule has 55 heavy (non-hydrogen) atoms. The fourth-order valence-corrected chi connectivity index (χ4v) is 6.99. The quantitative estimate of drug-likeness (QED) is 0.115. The van der Waals surface area contributed by atoms with Gasteiger partial charge >= 0.3 is 11.7 Å². The molecule has 17 heteroatoms. The third kappa shape index (κ3) is 8.23. The lowest BCUT2D eigenvalue weighted by Crippen LogP contribution is -2.64. The lowest BCUT2D eigenvalue weighted by atomic mass is 9.76. The number of Topliss-reactive ketones (excluding diaryl/α,β-unsaturated/α-hetero) is 1. The molecule has 1 aliphatic rings. The zero-order valence-corrected chi connectivity index (χ0v) is 31.6. The maximum Gasteiger partial charge on any atom is 0.335 e. The number of aryl methyl sites for hydroxylation is 1. The monoisotopic (exact) mass is 778 g/mol. The third-order valence-corrected chi connectivity index (χ3v) is 10.3. The number of nitrogens with zero attached hydrogens (tertiary/aromatic N) is 3. The molecule has 5 rings (SSSR count). The van der Waals surface area contributed by atoms with Gasteiger partial charge in [-0.25, -0.2) is 31.4 Å². The van der Waals surface area contributed by atoms with Gasteiger partial charge in [0.2, 0.25) is 21.7 Å². The zero-order chi connectivity index (χ0) is 40.7. The summed E-state index contributed by atoms with van der Waals surface area (Å²) in [5, 5.41) is 2.86. The first-order chi connectivity index (χ1) is 25.6. The molecule has 2 aromatic carbocycles. The topological polar surface area (TPSA) is 202 Å². The van der Waals surface area contributed by atoms with Gasteiger partial charge in [-0.1, -0.05) is 32.9 Å². The summed E-state index contributed by atoms with van der Waals surface area (Å²) in [6.45, 7) is 8.02. The van der Waals surface area contributed by atoms with Crippen LogP contribution in [0.4, 0.5) is 14.5 Å². The standard InChI is InChI=1S/C38H40F2N6O8S/c1-22(2)54-34(50)37(41,20-23-7-11-26(12-8-23)46-32(48)28-16-18-42-21-30(28)45(6)35(46)51)31(47)29-19-24(39)15-17-38(29,40)44-55(52,53)27-13-9-25(10-14-27)43-33(49)36(3,4)5/h7-19,21-22,29,44H,20,41H2,1-6H3,(H,43,49). The number of ketones is 1. The van der Waals surface area contributed by atoms with Crippen molar-refractivity contribution >= 4 is 44.3 Å². The lowest BCUT2D eigenvalue weighted by Gasteiger charge is -2.36. The normalized spacial score (nSPS) is 18.4. The number of nitrogens with one attached hydrogen (secondary N) is 2. The number of fused-ring (bicyclic) bond motifs is 1. The molecule has 4 N–H and O–H groups in total. The highest BCUT2D eigenvalue weighted by Crippen LogP contribution is 2.35. The Morgan fingerprint density at radius 1 is 1.04 bits per heavy atom. The maximum atomic E-state index is 16.9. The van der Waals surface area contributed by atoms with Crippen LogP contribution in [0, 0.1) is 11.3 Å². The van der Waals surface area contributed by atoms with Crippen molar-refractivity contribution in [1.82, 2.24) is 18.8 Å². The number of carbonyl (C=O) groups is 3. The molecule has 3 unspecified atom stereocenters. The number of aromatic nitrogens is 3. The average molecular weight is 779 g/mol. The highest BCUT2D eigenvalue weighted by Gasteiger charge is 2.54. The Balaban J connectivity index is 1.48. The summed E-state index contributed by atoms with van der Waals surface area (Å²) in [7, 11) is -3.31. The summed E-state index contributed by atoms with van der Waals surface area (Å²) < 4.78 is 68.0. The van der Waals surface area contributed by atoms with Crippen molar-refractivity contribution in [2.45, 2.75) is 63.4 Å². The lowest BCUT2D eigenvalue weighted by molar-refractivity contribution is -0.158. The smallest absolute Gasteiger partial charge is 0.335 e. The molecule has 2 heterocycles. The van der Waals surface area contributed by atoms with Crippen LogP contribution < -0.4 is 27.0 Å². The highest BCUT2D eigenvalue weighted by atomic mass is 32.2. The Bertz CT molecular complexity index is 2470. The number of halogens is 2. The van der Waals surface area contributed by atoms with Crippen molar-refractivity contribution in [3.63, 3.8) is 0 Å². The fourth-order valence-electron chi connectivity index (χ4n) is 5.77. The Labute approximate surface area is 314 Å². The van der Waals surface area contributed by atoms with E-state index >= 15 is 4.39 Å². The number of hydrogen-bond acceptors (Lipinski definition) is 10. The van der Waals surface area contributed by atoms with E-state index in [-0.39, 0.29) is 28.2 Å². The van der Waals surface area contributed by atoms with Crippen LogP contribution in [0.2, 0.25) is 0 Å². The number of rotatable bonds is 11. The molecule has 1 amide bonds. The second kappa shape index (κ2) is 14.9. The van der Waals surface area contributed by atoms with Crippen LogP contribution >= 0.6 is 0 Å². The fraction of sp³-hybridized carbons (Fsp3) is 0.316. The van der Waals surface area contributed by atoms with E-state index in [0.29, 0.717) is 23.7 Å². The van der Waals surface area contributed by atoms with E-state index in [1.165, 1.54) is 80.3 Å². The maximum absolute atomic E-state index is 16.9. The zero-order valence-electron chi connectivity index (χ0n) is 30.8. The summed E-state index contributed by atoms with van der Waals surface area (Å²) in [5.41, 5.74) is 2.66. The summed E-state index contributed by atoms with van der Waals surface area (Å²) >= 11 is 0. The van der Waals surface area contributed by atoms with Gasteiger partial charge in [-0.3, -0.25) is 23.9 Å². The van der Waals surface area contributed by atoms with E-state index < -0.39 is 78.9 Å². The number of amides is 1. The first kappa shape index (κ1) is 40.5. The van der Waals surface area contributed by atoms with E-state index in [9.17, 15) is 36.8 Å². The molecular formula is C38H40F2N6O8S. The molecular weight excluding hydrogens is 739 g/mol. The van der Waals surface area contributed by atoms with Gasteiger partial charge in [0.15, 0.2) is 11.3 Å². The molecule has 1 aliphatic carbocycles. The summed E-state index contributed by atoms with van der Waals surface area (Å²) in [6, 6.07) is 11.7. The molecule has 0 bridgehead atoms. The number of sulfonamides is 1. The number of benzene rings is 2. The molecule has 0 aliphatic heterocycles. The molecule has 290 valence electrons. The largest absolute Gasteiger partial charge is 0.461 e. The number of pyridine rings is 1. The van der Waals surface area contributed by atoms with Gasteiger partial charge in [-0.05, 0) is 80.1 Å². The predicted octanol–water partition coefficient (Wildman–Crippen LogP) is 3.51. The van der Waals surface area contributed by atoms with Crippen LogP contribution in [0.15, 0.2) is 106 Å². The van der Waals surface area contributed by atoms with Crippen LogP contribution in [0.3, 0.4) is 0 Å². The van der Waals surface area contributed by atoms with E-state index in [0.717, 1.165) is 16.7 Å². The Morgan fingerprint density at radius 2 is 1.67 bits per heavy atom. The average Bonchev–Trinajstić information content (AvgIpc) is 3.11. The van der Waals surface area contributed by atoms with E-state index in [2.05, 4.69) is 10.3 Å². The minimum Gasteiger partial charge on any atom is -0.461 e. The molecule has 3 atom stereocenters. The number of nitrogens with two attached hydrogens (primary N) is 1. The second-order valence-electron chi connectivity index (χ2n) is 14.5. The van der Waals surface area contributed by atoms with Crippen molar-refractivity contribution in [2.75, 3.05) is 5.32 Å². The molecule has 2 aromatic heterocycles. The minimum absolute atomic E-state index is 0.135. The van der Waals surface area contributed by atoms with Crippen LogP contribution in [0.1, 0.15) is 40.2 Å². The van der Waals surface area contributed by atoms with Gasteiger partial charge in [-0.15, -0.1) is 0 Å². The number of anilines is 1. The number of ether oxygens (including phenoxy) is 1. The van der Waals surface area contributed by atoms with Crippen molar-refractivity contribution in [3.8, 4) is 5.69 Å². The van der Waals surface area contributed by atoms with Crippen LogP contribution in [0.25, 0.3) is 16.6 Å². The van der Waals surface area contributed by atoms with E-state index in [4.69, 9.17) is 10.5 Å². The molecule has 0 saturated carbocycles. The molecule has 14 nitrogen and oxygen atoms in total. The molecule has 0 saturated heterocycles. The van der Waals surface area contributed by atoms with Crippen LogP contribution in [0.5, 0.6) is 0 Å². The number of carbonyl (C=O) groups excluding carboxylic acids is 3. The SMILES string of the molecule is CC(C)OC(=O)C(N)(Cc1ccc(-n2c(=O)c3ccncc3n(C)c2=O)cc1)C(=O)C1C=C(F)C=CC1(F)NS(=O)(=O)c1ccc(NC(=O)C(C)(C)C)cc1. The Hall–Kier alpha value is -5.65. The van der Waals surface area contributed by atoms with E-state index in [1.54, 1.807) is 20.8 Å². The molecule has 0 spiro atoms. The van der Waals surface area contributed by atoms with Gasteiger partial charge in [-0.2, -0.15) is 4.72 Å². The Morgan fingerprint density at radius 3 is 2.27 bits per heavy atom. The number of alkyl halides is 1. The molecule has 0 radical (unpaired) electrons. The summed E-state index contributed by atoms with van der Waals surface area (Å²) in [6.07, 6.45) is 2.98. The van der Waals surface area contributed by atoms with Crippen molar-refractivity contribution in [1.29, 1.82) is 0 Å². The number of hydrogen-bond donors (Lipinski definition) is 3. The van der Waals surface area contributed by atoms with Gasteiger partial charge in [0.25, 0.3) is 5.56 Å². The van der Waals surface area contributed by atoms with Gasteiger partial charge < -0.3 is 15.8 Å². The summed E-state index contributed by atoms with van der Waals surface area (Å²) in [5.74, 6) is -9.80. The summed E-state index contributed by atoms with van der Waals surface area (Å²) in [4.78, 5) is 70.2. The van der Waals surface area contributed by atoms with Crippen molar-refractivity contribution < 1.29 is 36.3 Å². The second-order valence-corrected chi connectivity index (χ2v) is 16.2. The van der Waals surface area contributed by atoms with E-state index in [1.807, 2.05) is 4.72 Å². The number of esters is 1.